The van der Waals surface area contributed by atoms with Crippen LogP contribution in [0.4, 0.5) is 5.69 Å². The highest BCUT2D eigenvalue weighted by molar-refractivity contribution is 5.44. The van der Waals surface area contributed by atoms with Gasteiger partial charge < -0.3 is 10.1 Å². The van der Waals surface area contributed by atoms with Gasteiger partial charge in [-0.25, -0.2) is 0 Å². The highest BCUT2D eigenvalue weighted by atomic mass is 16.5. The summed E-state index contributed by atoms with van der Waals surface area (Å²) >= 11 is 0. The van der Waals surface area contributed by atoms with Crippen molar-refractivity contribution in [3.8, 4) is 0 Å². The first-order chi connectivity index (χ1) is 7.74. The number of rotatable bonds is 7. The Labute approximate surface area is 99.0 Å². The fraction of sp³-hybridized carbons (Fsp3) is 0.571. The van der Waals surface area contributed by atoms with Crippen LogP contribution in [0.2, 0.25) is 0 Å². The lowest BCUT2D eigenvalue weighted by Crippen LogP contribution is -2.03. The largest absolute Gasteiger partial charge is 0.385 e. The molecule has 0 heterocycles. The predicted molar refractivity (Wildman–Crippen MR) is 70.1 cm³/mol. The highest BCUT2D eigenvalue weighted by Gasteiger charge is 1.98. The quantitative estimate of drug-likeness (QED) is 0.710. The van der Waals surface area contributed by atoms with Gasteiger partial charge in [0, 0.05) is 25.9 Å². The summed E-state index contributed by atoms with van der Waals surface area (Å²) in [6.45, 7) is 6.30. The summed E-state index contributed by atoms with van der Waals surface area (Å²) in [7, 11) is 1.75. The van der Waals surface area contributed by atoms with Crippen LogP contribution in [0.15, 0.2) is 24.3 Å². The molecule has 2 heteroatoms. The summed E-state index contributed by atoms with van der Waals surface area (Å²) in [5.41, 5.74) is 2.60. The number of methoxy groups -OCH3 is 1. The zero-order valence-electron chi connectivity index (χ0n) is 10.6. The SMILES string of the molecule is COCCCCNc1ccc(C(C)C)cc1. The standard InChI is InChI=1S/C14H23NO/c1-12(2)13-6-8-14(9-7-13)15-10-4-5-11-16-3/h6-9,12,15H,4-5,10-11H2,1-3H3. The van der Waals surface area contributed by atoms with Crippen LogP contribution >= 0.6 is 0 Å². The van der Waals surface area contributed by atoms with E-state index in [1.54, 1.807) is 7.11 Å². The van der Waals surface area contributed by atoms with E-state index in [1.165, 1.54) is 11.3 Å². The molecule has 2 nitrogen and oxygen atoms in total. The van der Waals surface area contributed by atoms with Gasteiger partial charge in [-0.05, 0) is 36.5 Å². The van der Waals surface area contributed by atoms with Crippen molar-refractivity contribution in [1.82, 2.24) is 0 Å². The Bertz CT molecular complexity index is 279. The van der Waals surface area contributed by atoms with Gasteiger partial charge in [0.1, 0.15) is 0 Å². The van der Waals surface area contributed by atoms with E-state index in [1.807, 2.05) is 0 Å². The van der Waals surface area contributed by atoms with Crippen LogP contribution < -0.4 is 5.32 Å². The van der Waals surface area contributed by atoms with Gasteiger partial charge in [0.05, 0.1) is 0 Å². The average molecular weight is 221 g/mol. The van der Waals surface area contributed by atoms with Crippen molar-refractivity contribution in [1.29, 1.82) is 0 Å². The summed E-state index contributed by atoms with van der Waals surface area (Å²) in [5, 5.41) is 3.41. The van der Waals surface area contributed by atoms with Crippen molar-refractivity contribution in [2.24, 2.45) is 0 Å². The molecule has 0 aromatic heterocycles. The van der Waals surface area contributed by atoms with Crippen LogP contribution in [0.1, 0.15) is 38.2 Å². The van der Waals surface area contributed by atoms with Gasteiger partial charge in [-0.15, -0.1) is 0 Å². The van der Waals surface area contributed by atoms with Gasteiger partial charge in [0.25, 0.3) is 0 Å². The van der Waals surface area contributed by atoms with Crippen molar-refractivity contribution in [3.63, 3.8) is 0 Å². The van der Waals surface area contributed by atoms with Gasteiger partial charge in [-0.1, -0.05) is 26.0 Å². The van der Waals surface area contributed by atoms with E-state index < -0.39 is 0 Å². The molecule has 16 heavy (non-hydrogen) atoms. The summed E-state index contributed by atoms with van der Waals surface area (Å²) in [5.74, 6) is 0.607. The lowest BCUT2D eigenvalue weighted by atomic mass is 10.0. The third-order valence-electron chi connectivity index (χ3n) is 2.68. The first kappa shape index (κ1) is 13.0. The number of nitrogens with one attached hydrogen (secondary N) is 1. The molecule has 1 rings (SSSR count). The molecule has 0 unspecified atom stereocenters. The average Bonchev–Trinajstić information content (AvgIpc) is 2.29. The van der Waals surface area contributed by atoms with E-state index in [0.717, 1.165) is 26.0 Å². The Kier molecular flexibility index (Phi) is 5.94. The number of unbranched alkanes of at least 4 members (excludes halogenated alkanes) is 1. The third-order valence-corrected chi connectivity index (χ3v) is 2.68. The zero-order chi connectivity index (χ0) is 11.8. The second-order valence-electron chi connectivity index (χ2n) is 4.40. The minimum absolute atomic E-state index is 0.607. The van der Waals surface area contributed by atoms with E-state index >= 15 is 0 Å². The summed E-state index contributed by atoms with van der Waals surface area (Å²) < 4.78 is 5.01. The number of ether oxygens (including phenoxy) is 1. The van der Waals surface area contributed by atoms with E-state index in [-0.39, 0.29) is 0 Å². The molecule has 0 saturated carbocycles. The lowest BCUT2D eigenvalue weighted by molar-refractivity contribution is 0.194. The Morgan fingerprint density at radius 3 is 2.38 bits per heavy atom. The van der Waals surface area contributed by atoms with Crippen LogP contribution in [0.5, 0.6) is 0 Å². The maximum Gasteiger partial charge on any atom is 0.0462 e. The van der Waals surface area contributed by atoms with Crippen molar-refractivity contribution >= 4 is 5.69 Å². The molecule has 0 bridgehead atoms. The maximum absolute atomic E-state index is 5.01. The van der Waals surface area contributed by atoms with Crippen LogP contribution in [0.3, 0.4) is 0 Å². The van der Waals surface area contributed by atoms with Gasteiger partial charge in [0.15, 0.2) is 0 Å². The molecule has 1 aromatic rings. The fourth-order valence-electron chi connectivity index (χ4n) is 1.59. The molecule has 0 atom stereocenters. The minimum atomic E-state index is 0.607. The molecule has 90 valence electrons. The molecule has 0 aliphatic rings. The molecule has 0 amide bonds. The van der Waals surface area contributed by atoms with Crippen LogP contribution in [-0.2, 0) is 4.74 Å². The smallest absolute Gasteiger partial charge is 0.0462 e. The number of benzene rings is 1. The fourth-order valence-corrected chi connectivity index (χ4v) is 1.59. The summed E-state index contributed by atoms with van der Waals surface area (Å²) in [4.78, 5) is 0. The molecule has 0 aliphatic heterocycles. The van der Waals surface area contributed by atoms with Crippen LogP contribution in [-0.4, -0.2) is 20.3 Å². The molecule has 1 aromatic carbocycles. The number of anilines is 1. The molecule has 0 spiro atoms. The molecule has 0 fully saturated rings. The number of hydrogen-bond acceptors (Lipinski definition) is 2. The second-order valence-corrected chi connectivity index (χ2v) is 4.40. The van der Waals surface area contributed by atoms with E-state index in [0.29, 0.717) is 5.92 Å². The Hall–Kier alpha value is -1.02. The molecular formula is C14H23NO. The normalized spacial score (nSPS) is 10.8. The molecule has 0 radical (unpaired) electrons. The van der Waals surface area contributed by atoms with Gasteiger partial charge in [-0.2, -0.15) is 0 Å². The van der Waals surface area contributed by atoms with Crippen LogP contribution in [0.25, 0.3) is 0 Å². The van der Waals surface area contributed by atoms with Gasteiger partial charge in [-0.3, -0.25) is 0 Å². The molecular weight excluding hydrogens is 198 g/mol. The summed E-state index contributed by atoms with van der Waals surface area (Å²) in [6, 6.07) is 8.71. The topological polar surface area (TPSA) is 21.3 Å². The van der Waals surface area contributed by atoms with Crippen molar-refractivity contribution in [3.05, 3.63) is 29.8 Å². The molecule has 0 aliphatic carbocycles. The third kappa shape index (κ3) is 4.67. The molecule has 0 saturated heterocycles. The first-order valence-electron chi connectivity index (χ1n) is 6.07. The van der Waals surface area contributed by atoms with Gasteiger partial charge >= 0.3 is 0 Å². The highest BCUT2D eigenvalue weighted by Crippen LogP contribution is 2.16. The summed E-state index contributed by atoms with van der Waals surface area (Å²) in [6.07, 6.45) is 2.27. The number of hydrogen-bond donors (Lipinski definition) is 1. The monoisotopic (exact) mass is 221 g/mol. The second kappa shape index (κ2) is 7.29. The molecule has 1 N–H and O–H groups in total. The minimum Gasteiger partial charge on any atom is -0.385 e. The van der Waals surface area contributed by atoms with E-state index in [2.05, 4.69) is 43.4 Å². The maximum atomic E-state index is 5.01. The zero-order valence-corrected chi connectivity index (χ0v) is 10.6. The van der Waals surface area contributed by atoms with E-state index in [4.69, 9.17) is 4.74 Å². The van der Waals surface area contributed by atoms with Crippen molar-refractivity contribution in [2.45, 2.75) is 32.6 Å². The Morgan fingerprint density at radius 2 is 1.81 bits per heavy atom. The lowest BCUT2D eigenvalue weighted by Gasteiger charge is -2.09. The Morgan fingerprint density at radius 1 is 1.12 bits per heavy atom. The van der Waals surface area contributed by atoms with Gasteiger partial charge in [0.2, 0.25) is 0 Å². The first-order valence-corrected chi connectivity index (χ1v) is 6.07. The van der Waals surface area contributed by atoms with Crippen molar-refractivity contribution in [2.75, 3.05) is 25.6 Å². The van der Waals surface area contributed by atoms with E-state index in [9.17, 15) is 0 Å². The van der Waals surface area contributed by atoms with Crippen LogP contribution in [0, 0.1) is 0 Å². The van der Waals surface area contributed by atoms with Crippen molar-refractivity contribution < 1.29 is 4.74 Å². The predicted octanol–water partition coefficient (Wildman–Crippen LogP) is 3.65. The Balaban J connectivity index is 2.27.